The maximum atomic E-state index is 13.0. The van der Waals surface area contributed by atoms with Crippen molar-refractivity contribution in [3.63, 3.8) is 0 Å². The van der Waals surface area contributed by atoms with Crippen molar-refractivity contribution in [2.45, 2.75) is 69.9 Å². The van der Waals surface area contributed by atoms with Crippen LogP contribution in [-0.2, 0) is 9.59 Å². The van der Waals surface area contributed by atoms with Crippen LogP contribution >= 0.6 is 0 Å². The van der Waals surface area contributed by atoms with Gasteiger partial charge in [0.05, 0.1) is 0 Å². The minimum Gasteiger partial charge on any atom is -0.342 e. The van der Waals surface area contributed by atoms with Crippen LogP contribution in [0.4, 0.5) is 0 Å². The van der Waals surface area contributed by atoms with Crippen LogP contribution in [0.25, 0.3) is 0 Å². The molecule has 0 spiro atoms. The maximum absolute atomic E-state index is 13.0. The Labute approximate surface area is 126 Å². The van der Waals surface area contributed by atoms with Gasteiger partial charge in [-0.25, -0.2) is 0 Å². The van der Waals surface area contributed by atoms with Crippen molar-refractivity contribution < 1.29 is 9.59 Å². The zero-order valence-electron chi connectivity index (χ0n) is 12.9. The lowest BCUT2D eigenvalue weighted by Crippen LogP contribution is -2.71. The van der Waals surface area contributed by atoms with Crippen LogP contribution in [-0.4, -0.2) is 34.8 Å². The Bertz CT molecular complexity index is 463. The molecule has 4 aliphatic rings. The van der Waals surface area contributed by atoms with E-state index < -0.39 is 5.54 Å². The van der Waals surface area contributed by atoms with E-state index in [9.17, 15) is 9.59 Å². The maximum Gasteiger partial charge on any atom is 0.246 e. The molecule has 1 N–H and O–H groups in total. The van der Waals surface area contributed by atoms with Gasteiger partial charge in [0, 0.05) is 6.54 Å². The molecule has 0 aromatic heterocycles. The van der Waals surface area contributed by atoms with E-state index in [-0.39, 0.29) is 17.9 Å². The molecule has 2 atom stereocenters. The molecule has 0 aromatic rings. The summed E-state index contributed by atoms with van der Waals surface area (Å²) in [7, 11) is 0. The minimum atomic E-state index is -0.578. The average molecular weight is 290 g/mol. The van der Waals surface area contributed by atoms with Crippen molar-refractivity contribution in [1.82, 2.24) is 10.2 Å². The van der Waals surface area contributed by atoms with Crippen LogP contribution in [0.3, 0.4) is 0 Å². The van der Waals surface area contributed by atoms with E-state index in [1.165, 1.54) is 25.7 Å². The fourth-order valence-corrected chi connectivity index (χ4v) is 4.40. The SMILES string of the molecule is CC1(C2CC2)C(=O)NC(C2CC2)C(=O)N1CC1CCCC1. The van der Waals surface area contributed by atoms with Crippen LogP contribution in [0.2, 0.25) is 0 Å². The molecular weight excluding hydrogens is 264 g/mol. The van der Waals surface area contributed by atoms with Crippen molar-refractivity contribution in [3.05, 3.63) is 0 Å². The highest BCUT2D eigenvalue weighted by Gasteiger charge is 2.59. The molecule has 0 bridgehead atoms. The number of rotatable bonds is 4. The summed E-state index contributed by atoms with van der Waals surface area (Å²) in [5.74, 6) is 1.70. The number of hydrogen-bond acceptors (Lipinski definition) is 2. The van der Waals surface area contributed by atoms with Crippen LogP contribution in [0, 0.1) is 17.8 Å². The Morgan fingerprint density at radius 2 is 1.76 bits per heavy atom. The summed E-state index contributed by atoms with van der Waals surface area (Å²) < 4.78 is 0. The Morgan fingerprint density at radius 3 is 2.33 bits per heavy atom. The topological polar surface area (TPSA) is 49.4 Å². The second-order valence-corrected chi connectivity index (χ2v) is 7.81. The standard InChI is InChI=1S/C17H26N2O2/c1-17(13-8-9-13)16(21)18-14(12-6-7-12)15(20)19(17)10-11-4-2-3-5-11/h11-14H,2-10H2,1H3,(H,18,21). The molecule has 2 amide bonds. The van der Waals surface area contributed by atoms with E-state index in [1.807, 2.05) is 11.8 Å². The predicted molar refractivity (Wildman–Crippen MR) is 79.5 cm³/mol. The van der Waals surface area contributed by atoms with Gasteiger partial charge in [-0.3, -0.25) is 9.59 Å². The number of carbonyl (C=O) groups excluding carboxylic acids is 2. The second-order valence-electron chi connectivity index (χ2n) is 7.81. The molecule has 4 nitrogen and oxygen atoms in total. The monoisotopic (exact) mass is 290 g/mol. The highest BCUT2D eigenvalue weighted by Crippen LogP contribution is 2.47. The third-order valence-corrected chi connectivity index (χ3v) is 6.22. The molecule has 0 aromatic carbocycles. The summed E-state index contributed by atoms with van der Waals surface area (Å²) >= 11 is 0. The number of carbonyl (C=O) groups is 2. The molecule has 0 radical (unpaired) electrons. The normalized spacial score (nSPS) is 38.0. The summed E-state index contributed by atoms with van der Waals surface area (Å²) in [5.41, 5.74) is -0.578. The summed E-state index contributed by atoms with van der Waals surface area (Å²) in [6.45, 7) is 2.82. The average Bonchev–Trinajstić information content (AvgIpc) is 3.38. The first kappa shape index (κ1) is 13.6. The predicted octanol–water partition coefficient (Wildman–Crippen LogP) is 2.08. The first-order valence-corrected chi connectivity index (χ1v) is 8.73. The van der Waals surface area contributed by atoms with Crippen molar-refractivity contribution in [2.75, 3.05) is 6.54 Å². The second kappa shape index (κ2) is 4.72. The van der Waals surface area contributed by atoms with Gasteiger partial charge in [-0.05, 0) is 63.2 Å². The molecule has 116 valence electrons. The van der Waals surface area contributed by atoms with Gasteiger partial charge in [0.2, 0.25) is 11.8 Å². The lowest BCUT2D eigenvalue weighted by Gasteiger charge is -2.47. The molecule has 4 fully saturated rings. The van der Waals surface area contributed by atoms with E-state index in [0.717, 1.165) is 32.2 Å². The molecule has 4 heteroatoms. The van der Waals surface area contributed by atoms with Gasteiger partial charge < -0.3 is 10.2 Å². The quantitative estimate of drug-likeness (QED) is 0.862. The van der Waals surface area contributed by atoms with E-state index in [0.29, 0.717) is 17.8 Å². The zero-order valence-corrected chi connectivity index (χ0v) is 12.9. The molecule has 2 unspecified atom stereocenters. The minimum absolute atomic E-state index is 0.111. The summed E-state index contributed by atoms with van der Waals surface area (Å²) in [6, 6.07) is -0.231. The zero-order chi connectivity index (χ0) is 14.6. The van der Waals surface area contributed by atoms with Gasteiger partial charge in [0.1, 0.15) is 11.6 Å². The molecule has 4 rings (SSSR count). The molecule has 1 heterocycles. The van der Waals surface area contributed by atoms with Gasteiger partial charge in [0.25, 0.3) is 0 Å². The highest BCUT2D eigenvalue weighted by atomic mass is 16.2. The molecule has 1 saturated heterocycles. The van der Waals surface area contributed by atoms with Crippen molar-refractivity contribution in [1.29, 1.82) is 0 Å². The first-order valence-electron chi connectivity index (χ1n) is 8.73. The third kappa shape index (κ3) is 2.18. The Balaban J connectivity index is 1.61. The summed E-state index contributed by atoms with van der Waals surface area (Å²) in [4.78, 5) is 27.8. The van der Waals surface area contributed by atoms with E-state index in [2.05, 4.69) is 5.32 Å². The van der Waals surface area contributed by atoms with Gasteiger partial charge in [0.15, 0.2) is 0 Å². The molecule has 21 heavy (non-hydrogen) atoms. The Hall–Kier alpha value is -1.06. The van der Waals surface area contributed by atoms with Gasteiger partial charge in [-0.1, -0.05) is 12.8 Å². The van der Waals surface area contributed by atoms with Crippen LogP contribution < -0.4 is 5.32 Å². The third-order valence-electron chi connectivity index (χ3n) is 6.22. The lowest BCUT2D eigenvalue weighted by atomic mass is 9.86. The molecule has 3 saturated carbocycles. The van der Waals surface area contributed by atoms with E-state index in [4.69, 9.17) is 0 Å². The highest BCUT2D eigenvalue weighted by molar-refractivity contribution is 6.00. The van der Waals surface area contributed by atoms with Crippen LogP contribution in [0.1, 0.15) is 58.3 Å². The van der Waals surface area contributed by atoms with E-state index >= 15 is 0 Å². The molecular formula is C17H26N2O2. The van der Waals surface area contributed by atoms with E-state index in [1.54, 1.807) is 0 Å². The molecule has 3 aliphatic carbocycles. The van der Waals surface area contributed by atoms with Crippen molar-refractivity contribution in [3.8, 4) is 0 Å². The largest absolute Gasteiger partial charge is 0.342 e. The summed E-state index contributed by atoms with van der Waals surface area (Å²) in [6.07, 6.45) is 9.37. The number of piperazine rings is 1. The number of nitrogens with zero attached hydrogens (tertiary/aromatic N) is 1. The van der Waals surface area contributed by atoms with Gasteiger partial charge >= 0.3 is 0 Å². The fourth-order valence-electron chi connectivity index (χ4n) is 4.40. The number of amides is 2. The fraction of sp³-hybridized carbons (Fsp3) is 0.882. The summed E-state index contributed by atoms with van der Waals surface area (Å²) in [5, 5.41) is 3.06. The molecule has 1 aliphatic heterocycles. The first-order chi connectivity index (χ1) is 10.1. The Morgan fingerprint density at radius 1 is 1.10 bits per heavy atom. The van der Waals surface area contributed by atoms with Gasteiger partial charge in [-0.2, -0.15) is 0 Å². The van der Waals surface area contributed by atoms with Crippen molar-refractivity contribution >= 4 is 11.8 Å². The number of hydrogen-bond donors (Lipinski definition) is 1. The smallest absolute Gasteiger partial charge is 0.246 e. The van der Waals surface area contributed by atoms with Gasteiger partial charge in [-0.15, -0.1) is 0 Å². The van der Waals surface area contributed by atoms with Crippen molar-refractivity contribution in [2.24, 2.45) is 17.8 Å². The Kier molecular flexibility index (Phi) is 3.05. The lowest BCUT2D eigenvalue weighted by molar-refractivity contribution is -0.159. The number of nitrogens with one attached hydrogen (secondary N) is 1. The van der Waals surface area contributed by atoms with Crippen LogP contribution in [0.15, 0.2) is 0 Å². The van der Waals surface area contributed by atoms with Crippen LogP contribution in [0.5, 0.6) is 0 Å².